The van der Waals surface area contributed by atoms with Gasteiger partial charge in [0.1, 0.15) is 0 Å². The van der Waals surface area contributed by atoms with Crippen LogP contribution in [0.2, 0.25) is 0 Å². The normalized spacial score (nSPS) is 48.3. The second kappa shape index (κ2) is 5.57. The fourth-order valence-electron chi connectivity index (χ4n) is 6.36. The zero-order valence-electron chi connectivity index (χ0n) is 13.1. The fraction of sp³-hybridized carbons (Fsp3) is 0.944. The van der Waals surface area contributed by atoms with Gasteiger partial charge in [-0.05, 0) is 74.7 Å². The van der Waals surface area contributed by atoms with Gasteiger partial charge in [-0.25, -0.2) is 0 Å². The Balaban J connectivity index is 1.39. The Morgan fingerprint density at radius 1 is 0.952 bits per heavy atom. The van der Waals surface area contributed by atoms with Crippen molar-refractivity contribution in [2.75, 3.05) is 6.54 Å². The molecule has 0 radical (unpaired) electrons. The van der Waals surface area contributed by atoms with E-state index in [1.807, 2.05) is 0 Å². The lowest BCUT2D eigenvalue weighted by Crippen LogP contribution is -2.47. The van der Waals surface area contributed by atoms with Gasteiger partial charge in [0, 0.05) is 12.0 Å². The lowest BCUT2D eigenvalue weighted by molar-refractivity contribution is -0.129. The molecule has 0 saturated heterocycles. The molecule has 2 bridgehead atoms. The zero-order valence-corrected chi connectivity index (χ0v) is 13.1. The molecule has 3 heteroatoms. The molecule has 0 spiro atoms. The number of hydrogen-bond acceptors (Lipinski definition) is 2. The first-order valence-electron chi connectivity index (χ1n) is 9.28. The van der Waals surface area contributed by atoms with Crippen molar-refractivity contribution in [1.29, 1.82) is 0 Å². The molecule has 7 atom stereocenters. The molecule has 0 heterocycles. The molecule has 4 fully saturated rings. The van der Waals surface area contributed by atoms with E-state index in [-0.39, 0.29) is 5.92 Å². The summed E-state index contributed by atoms with van der Waals surface area (Å²) in [6, 6.07) is 0.488. The average Bonchev–Trinajstić information content (AvgIpc) is 3.19. The van der Waals surface area contributed by atoms with Crippen molar-refractivity contribution in [2.45, 2.75) is 63.8 Å². The van der Waals surface area contributed by atoms with Crippen LogP contribution < -0.4 is 11.1 Å². The molecule has 0 aromatic heterocycles. The Morgan fingerprint density at radius 2 is 1.76 bits per heavy atom. The first-order chi connectivity index (χ1) is 10.3. The largest absolute Gasteiger partial charge is 0.353 e. The van der Waals surface area contributed by atoms with E-state index in [0.29, 0.717) is 24.4 Å². The fourth-order valence-corrected chi connectivity index (χ4v) is 6.36. The third-order valence-corrected chi connectivity index (χ3v) is 7.30. The molecule has 3 nitrogen and oxygen atoms in total. The highest BCUT2D eigenvalue weighted by atomic mass is 16.2. The van der Waals surface area contributed by atoms with E-state index in [0.717, 1.165) is 36.5 Å². The van der Waals surface area contributed by atoms with Gasteiger partial charge in [0.2, 0.25) is 5.91 Å². The summed E-state index contributed by atoms with van der Waals surface area (Å²) in [5.74, 6) is 4.62. The van der Waals surface area contributed by atoms with Crippen molar-refractivity contribution in [3.8, 4) is 0 Å². The topological polar surface area (TPSA) is 55.1 Å². The highest BCUT2D eigenvalue weighted by molar-refractivity contribution is 5.79. The van der Waals surface area contributed by atoms with Gasteiger partial charge < -0.3 is 11.1 Å². The molecule has 4 aliphatic carbocycles. The SMILES string of the molecule is NCC1CCCCC1C(=O)NC1CC2CC1C1CCCC21. The first kappa shape index (κ1) is 14.0. The smallest absolute Gasteiger partial charge is 0.223 e. The molecule has 4 rings (SSSR count). The number of nitrogens with two attached hydrogens (primary N) is 1. The molecule has 0 aliphatic heterocycles. The van der Waals surface area contributed by atoms with E-state index in [1.165, 1.54) is 44.9 Å². The van der Waals surface area contributed by atoms with Crippen LogP contribution in [-0.2, 0) is 4.79 Å². The minimum atomic E-state index is 0.197. The van der Waals surface area contributed by atoms with E-state index in [2.05, 4.69) is 5.32 Å². The van der Waals surface area contributed by atoms with Crippen LogP contribution in [0.4, 0.5) is 0 Å². The summed E-state index contributed by atoms with van der Waals surface area (Å²) in [5.41, 5.74) is 5.89. The third kappa shape index (κ3) is 2.32. The summed E-state index contributed by atoms with van der Waals surface area (Å²) in [6.45, 7) is 0.680. The first-order valence-corrected chi connectivity index (χ1v) is 9.28. The van der Waals surface area contributed by atoms with Crippen LogP contribution in [0.15, 0.2) is 0 Å². The highest BCUT2D eigenvalue weighted by Gasteiger charge is 2.54. The van der Waals surface area contributed by atoms with Crippen molar-refractivity contribution in [2.24, 2.45) is 41.2 Å². The molecule has 0 aromatic rings. The summed E-state index contributed by atoms with van der Waals surface area (Å²) in [5, 5.41) is 3.46. The molecule has 1 amide bonds. The number of hydrogen-bond donors (Lipinski definition) is 2. The molecule has 4 saturated carbocycles. The van der Waals surface area contributed by atoms with Crippen LogP contribution in [0, 0.1) is 35.5 Å². The van der Waals surface area contributed by atoms with Crippen molar-refractivity contribution >= 4 is 5.91 Å². The maximum absolute atomic E-state index is 12.7. The number of carbonyl (C=O) groups excluding carboxylic acids is 1. The second-order valence-electron chi connectivity index (χ2n) is 8.16. The lowest BCUT2D eigenvalue weighted by Gasteiger charge is -2.35. The van der Waals surface area contributed by atoms with Gasteiger partial charge in [-0.15, -0.1) is 0 Å². The van der Waals surface area contributed by atoms with E-state index in [4.69, 9.17) is 5.73 Å². The van der Waals surface area contributed by atoms with Crippen molar-refractivity contribution in [3.63, 3.8) is 0 Å². The van der Waals surface area contributed by atoms with E-state index in [1.54, 1.807) is 0 Å². The number of nitrogens with one attached hydrogen (secondary N) is 1. The molecule has 0 aromatic carbocycles. The predicted octanol–water partition coefficient (Wildman–Crippen LogP) is 2.69. The van der Waals surface area contributed by atoms with Gasteiger partial charge in [-0.2, -0.15) is 0 Å². The van der Waals surface area contributed by atoms with E-state index in [9.17, 15) is 4.79 Å². The Hall–Kier alpha value is -0.570. The number of rotatable bonds is 3. The minimum absolute atomic E-state index is 0.197. The standard InChI is InChI=1S/C18H30N2O/c19-10-11-4-1-2-5-14(11)18(21)20-17-9-12-8-16(17)15-7-3-6-13(12)15/h11-17H,1-10,19H2,(H,20,21). The van der Waals surface area contributed by atoms with Gasteiger partial charge >= 0.3 is 0 Å². The molecular weight excluding hydrogens is 260 g/mol. The summed E-state index contributed by atoms with van der Waals surface area (Å²) in [4.78, 5) is 12.7. The molecule has 3 N–H and O–H groups in total. The molecule has 118 valence electrons. The van der Waals surface area contributed by atoms with Crippen LogP contribution in [0.25, 0.3) is 0 Å². The Morgan fingerprint density at radius 3 is 2.62 bits per heavy atom. The zero-order chi connectivity index (χ0) is 14.4. The quantitative estimate of drug-likeness (QED) is 0.839. The second-order valence-corrected chi connectivity index (χ2v) is 8.16. The van der Waals surface area contributed by atoms with Crippen LogP contribution in [-0.4, -0.2) is 18.5 Å². The maximum Gasteiger partial charge on any atom is 0.223 e. The molecular formula is C18H30N2O. The molecule has 7 unspecified atom stereocenters. The Bertz CT molecular complexity index is 410. The van der Waals surface area contributed by atoms with Crippen molar-refractivity contribution in [1.82, 2.24) is 5.32 Å². The monoisotopic (exact) mass is 290 g/mol. The van der Waals surface area contributed by atoms with E-state index < -0.39 is 0 Å². The predicted molar refractivity (Wildman–Crippen MR) is 83.5 cm³/mol. The molecule has 4 aliphatic rings. The van der Waals surface area contributed by atoms with Crippen molar-refractivity contribution < 1.29 is 4.79 Å². The van der Waals surface area contributed by atoms with Crippen LogP contribution in [0.5, 0.6) is 0 Å². The number of carbonyl (C=O) groups is 1. The lowest BCUT2D eigenvalue weighted by atomic mass is 9.77. The highest BCUT2D eigenvalue weighted by Crippen LogP contribution is 2.58. The van der Waals surface area contributed by atoms with Gasteiger partial charge in [-0.3, -0.25) is 4.79 Å². The summed E-state index contributed by atoms with van der Waals surface area (Å²) in [7, 11) is 0. The number of amides is 1. The Labute approximate surface area is 128 Å². The Kier molecular flexibility index (Phi) is 3.72. The molecule has 21 heavy (non-hydrogen) atoms. The van der Waals surface area contributed by atoms with Gasteiger partial charge in [0.05, 0.1) is 0 Å². The van der Waals surface area contributed by atoms with Crippen LogP contribution in [0.1, 0.15) is 57.8 Å². The number of fused-ring (bicyclic) bond motifs is 5. The summed E-state index contributed by atoms with van der Waals surface area (Å²) >= 11 is 0. The van der Waals surface area contributed by atoms with Crippen LogP contribution >= 0.6 is 0 Å². The van der Waals surface area contributed by atoms with Gasteiger partial charge in [0.25, 0.3) is 0 Å². The average molecular weight is 290 g/mol. The van der Waals surface area contributed by atoms with Gasteiger partial charge in [-0.1, -0.05) is 19.3 Å². The van der Waals surface area contributed by atoms with Crippen LogP contribution in [0.3, 0.4) is 0 Å². The van der Waals surface area contributed by atoms with Gasteiger partial charge in [0.15, 0.2) is 0 Å². The summed E-state index contributed by atoms with van der Waals surface area (Å²) in [6.07, 6.45) is 11.6. The summed E-state index contributed by atoms with van der Waals surface area (Å²) < 4.78 is 0. The van der Waals surface area contributed by atoms with E-state index >= 15 is 0 Å². The third-order valence-electron chi connectivity index (χ3n) is 7.30. The maximum atomic E-state index is 12.7. The minimum Gasteiger partial charge on any atom is -0.353 e. The van der Waals surface area contributed by atoms with Crippen molar-refractivity contribution in [3.05, 3.63) is 0 Å².